The molecule has 1 atom stereocenters. The van der Waals surface area contributed by atoms with E-state index in [4.69, 9.17) is 9.15 Å². The zero-order valence-electron chi connectivity index (χ0n) is 10.7. The van der Waals surface area contributed by atoms with Crippen molar-refractivity contribution in [1.29, 1.82) is 0 Å². The number of para-hydroxylation sites is 1. The molecular formula is C15H17NO2. The number of fused-ring (bicyclic) bond motifs is 1. The Morgan fingerprint density at radius 1 is 1.22 bits per heavy atom. The van der Waals surface area contributed by atoms with Crippen molar-refractivity contribution in [2.75, 3.05) is 20.7 Å². The molecule has 2 aromatic rings. The van der Waals surface area contributed by atoms with Gasteiger partial charge in [0.2, 0.25) is 0 Å². The van der Waals surface area contributed by atoms with Gasteiger partial charge in [0.15, 0.2) is 0 Å². The second-order valence-electron chi connectivity index (χ2n) is 4.79. The molecule has 1 aromatic carbocycles. The van der Waals surface area contributed by atoms with Crippen LogP contribution in [0.1, 0.15) is 22.8 Å². The summed E-state index contributed by atoms with van der Waals surface area (Å²) in [5, 5.41) is 0. The third kappa shape index (κ3) is 1.81. The molecule has 94 valence electrons. The lowest BCUT2D eigenvalue weighted by Gasteiger charge is -2.30. The van der Waals surface area contributed by atoms with E-state index in [1.54, 1.807) is 13.4 Å². The Labute approximate surface area is 107 Å². The lowest BCUT2D eigenvalue weighted by atomic mass is 9.88. The standard InChI is InChI=1S/C15H17NO2/c1-16-9-13(12-7-8-18-15(12)10-16)11-5-3-4-6-14(11)17-2/h3-8,13H,9-10H2,1-2H3. The molecule has 2 heterocycles. The van der Waals surface area contributed by atoms with Crippen LogP contribution in [0.15, 0.2) is 41.0 Å². The maximum atomic E-state index is 5.57. The van der Waals surface area contributed by atoms with Gasteiger partial charge in [0.1, 0.15) is 11.5 Å². The van der Waals surface area contributed by atoms with Gasteiger partial charge in [-0.1, -0.05) is 18.2 Å². The van der Waals surface area contributed by atoms with Gasteiger partial charge in [0, 0.05) is 23.6 Å². The largest absolute Gasteiger partial charge is 0.496 e. The maximum Gasteiger partial charge on any atom is 0.122 e. The van der Waals surface area contributed by atoms with Crippen molar-refractivity contribution in [2.45, 2.75) is 12.5 Å². The highest BCUT2D eigenvalue weighted by Gasteiger charge is 2.28. The second kappa shape index (κ2) is 4.50. The van der Waals surface area contributed by atoms with Gasteiger partial charge in [0.25, 0.3) is 0 Å². The number of ether oxygens (including phenoxy) is 1. The lowest BCUT2D eigenvalue weighted by Crippen LogP contribution is -2.30. The highest BCUT2D eigenvalue weighted by atomic mass is 16.5. The molecule has 3 rings (SSSR count). The first-order valence-electron chi connectivity index (χ1n) is 6.17. The van der Waals surface area contributed by atoms with Crippen LogP contribution < -0.4 is 4.74 Å². The molecule has 0 saturated heterocycles. The minimum Gasteiger partial charge on any atom is -0.496 e. The van der Waals surface area contributed by atoms with Crippen molar-refractivity contribution < 1.29 is 9.15 Å². The van der Waals surface area contributed by atoms with Crippen LogP contribution in [0.4, 0.5) is 0 Å². The van der Waals surface area contributed by atoms with Gasteiger partial charge < -0.3 is 9.15 Å². The number of rotatable bonds is 2. The summed E-state index contributed by atoms with van der Waals surface area (Å²) in [4.78, 5) is 2.28. The van der Waals surface area contributed by atoms with Gasteiger partial charge in [-0.3, -0.25) is 4.90 Å². The SMILES string of the molecule is COc1ccccc1C1CN(C)Cc2occc21. The van der Waals surface area contributed by atoms with E-state index in [0.29, 0.717) is 5.92 Å². The van der Waals surface area contributed by atoms with Crippen molar-refractivity contribution in [1.82, 2.24) is 4.90 Å². The molecule has 1 aromatic heterocycles. The summed E-state index contributed by atoms with van der Waals surface area (Å²) in [6, 6.07) is 10.3. The Kier molecular flexibility index (Phi) is 2.84. The molecule has 0 N–H and O–H groups in total. The van der Waals surface area contributed by atoms with Crippen LogP contribution in [0.25, 0.3) is 0 Å². The first-order valence-corrected chi connectivity index (χ1v) is 6.17. The fourth-order valence-corrected chi connectivity index (χ4v) is 2.73. The predicted molar refractivity (Wildman–Crippen MR) is 69.9 cm³/mol. The van der Waals surface area contributed by atoms with Crippen LogP contribution in [-0.2, 0) is 6.54 Å². The van der Waals surface area contributed by atoms with E-state index in [1.165, 1.54) is 11.1 Å². The molecule has 0 fully saturated rings. The predicted octanol–water partition coefficient (Wildman–Crippen LogP) is 2.87. The van der Waals surface area contributed by atoms with Crippen LogP contribution in [0.5, 0.6) is 5.75 Å². The topological polar surface area (TPSA) is 25.6 Å². The third-order valence-corrected chi connectivity index (χ3v) is 3.58. The molecule has 1 aliphatic heterocycles. The second-order valence-corrected chi connectivity index (χ2v) is 4.79. The van der Waals surface area contributed by atoms with Gasteiger partial charge in [-0.15, -0.1) is 0 Å². The molecule has 0 amide bonds. The van der Waals surface area contributed by atoms with E-state index in [2.05, 4.69) is 30.1 Å². The molecule has 0 saturated carbocycles. The van der Waals surface area contributed by atoms with Gasteiger partial charge in [-0.25, -0.2) is 0 Å². The van der Waals surface area contributed by atoms with E-state index in [1.807, 2.05) is 12.1 Å². The molecular weight excluding hydrogens is 226 g/mol. The minimum absolute atomic E-state index is 0.327. The maximum absolute atomic E-state index is 5.57. The average molecular weight is 243 g/mol. The Morgan fingerprint density at radius 2 is 2.06 bits per heavy atom. The Morgan fingerprint density at radius 3 is 2.89 bits per heavy atom. The van der Waals surface area contributed by atoms with Crippen molar-refractivity contribution in [3.8, 4) is 5.75 Å². The number of hydrogen-bond donors (Lipinski definition) is 0. The molecule has 0 bridgehead atoms. The highest BCUT2D eigenvalue weighted by Crippen LogP contribution is 2.37. The number of methoxy groups -OCH3 is 1. The van der Waals surface area contributed by atoms with Crippen molar-refractivity contribution in [3.63, 3.8) is 0 Å². The molecule has 0 aliphatic carbocycles. The minimum atomic E-state index is 0.327. The summed E-state index contributed by atoms with van der Waals surface area (Å²) in [7, 11) is 3.84. The molecule has 0 radical (unpaired) electrons. The Bertz CT molecular complexity index is 547. The zero-order chi connectivity index (χ0) is 12.5. The number of likely N-dealkylation sites (N-methyl/N-ethyl adjacent to an activating group) is 1. The molecule has 0 spiro atoms. The van der Waals surface area contributed by atoms with Crippen molar-refractivity contribution in [2.24, 2.45) is 0 Å². The average Bonchev–Trinajstić information content (AvgIpc) is 2.85. The summed E-state index contributed by atoms with van der Waals surface area (Å²) in [6.45, 7) is 1.88. The summed E-state index contributed by atoms with van der Waals surface area (Å²) < 4.78 is 11.0. The van der Waals surface area contributed by atoms with Gasteiger partial charge >= 0.3 is 0 Å². The van der Waals surface area contributed by atoms with Gasteiger partial charge in [-0.05, 0) is 19.2 Å². The lowest BCUT2D eigenvalue weighted by molar-refractivity contribution is 0.260. The summed E-state index contributed by atoms with van der Waals surface area (Å²) in [6.07, 6.45) is 1.78. The van der Waals surface area contributed by atoms with Gasteiger partial charge in [0.05, 0.1) is 19.9 Å². The molecule has 3 heteroatoms. The van der Waals surface area contributed by atoms with Crippen LogP contribution in [0, 0.1) is 0 Å². The quantitative estimate of drug-likeness (QED) is 0.811. The molecule has 1 aliphatic rings. The summed E-state index contributed by atoms with van der Waals surface area (Å²) >= 11 is 0. The number of nitrogens with zero attached hydrogens (tertiary/aromatic N) is 1. The first kappa shape index (κ1) is 11.4. The van der Waals surface area contributed by atoms with Gasteiger partial charge in [-0.2, -0.15) is 0 Å². The van der Waals surface area contributed by atoms with Crippen molar-refractivity contribution >= 4 is 0 Å². The van der Waals surface area contributed by atoms with Crippen molar-refractivity contribution in [3.05, 3.63) is 53.5 Å². The third-order valence-electron chi connectivity index (χ3n) is 3.58. The zero-order valence-corrected chi connectivity index (χ0v) is 10.7. The van der Waals surface area contributed by atoms with E-state index >= 15 is 0 Å². The Balaban J connectivity index is 2.07. The number of hydrogen-bond acceptors (Lipinski definition) is 3. The molecule has 18 heavy (non-hydrogen) atoms. The monoisotopic (exact) mass is 243 g/mol. The van der Waals surface area contributed by atoms with Crippen LogP contribution >= 0.6 is 0 Å². The van der Waals surface area contributed by atoms with Crippen LogP contribution in [-0.4, -0.2) is 25.6 Å². The summed E-state index contributed by atoms with van der Waals surface area (Å²) in [5.74, 6) is 2.35. The van der Waals surface area contributed by atoms with E-state index < -0.39 is 0 Å². The van der Waals surface area contributed by atoms with Crippen LogP contribution in [0.2, 0.25) is 0 Å². The normalized spacial score (nSPS) is 19.6. The Hall–Kier alpha value is -1.74. The summed E-state index contributed by atoms with van der Waals surface area (Å²) in [5.41, 5.74) is 2.52. The highest BCUT2D eigenvalue weighted by molar-refractivity contribution is 5.44. The van der Waals surface area contributed by atoms with Crippen LogP contribution in [0.3, 0.4) is 0 Å². The smallest absolute Gasteiger partial charge is 0.122 e. The molecule has 1 unspecified atom stereocenters. The van der Waals surface area contributed by atoms with E-state index in [9.17, 15) is 0 Å². The first-order chi connectivity index (χ1) is 8.79. The molecule has 3 nitrogen and oxygen atoms in total. The fraction of sp³-hybridized carbons (Fsp3) is 0.333. The van der Waals surface area contributed by atoms with E-state index in [-0.39, 0.29) is 0 Å². The fourth-order valence-electron chi connectivity index (χ4n) is 2.73. The number of furan rings is 1. The number of benzene rings is 1. The van der Waals surface area contributed by atoms with E-state index in [0.717, 1.165) is 24.6 Å².